The van der Waals surface area contributed by atoms with Gasteiger partial charge in [0.25, 0.3) is 0 Å². The Labute approximate surface area is 201 Å². The summed E-state index contributed by atoms with van der Waals surface area (Å²) in [6.07, 6.45) is 1.53. The molecule has 0 aliphatic rings. The first-order chi connectivity index (χ1) is 16.5. The minimum Gasteiger partial charge on any atom is -0.493 e. The van der Waals surface area contributed by atoms with Gasteiger partial charge in [-0.15, -0.1) is 11.3 Å². The fourth-order valence-corrected chi connectivity index (χ4v) is 4.63. The van der Waals surface area contributed by atoms with Gasteiger partial charge in [-0.2, -0.15) is 10.4 Å². The Morgan fingerprint density at radius 1 is 1.18 bits per heavy atom. The zero-order chi connectivity index (χ0) is 24.2. The molecule has 2 aromatic heterocycles. The Hall–Kier alpha value is -4.29. The summed E-state index contributed by atoms with van der Waals surface area (Å²) in [7, 11) is 3.15. The third-order valence-electron chi connectivity index (χ3n) is 5.42. The molecule has 0 saturated carbocycles. The summed E-state index contributed by atoms with van der Waals surface area (Å²) in [4.78, 5) is 13.7. The van der Waals surface area contributed by atoms with Crippen LogP contribution in [0.2, 0.25) is 0 Å². The molecule has 0 spiro atoms. The van der Waals surface area contributed by atoms with Crippen molar-refractivity contribution in [3.05, 3.63) is 82.0 Å². The standard InChI is InChI=1S/C25H23N5O3S/c1-15-19(14-29-30(15)17-7-5-4-6-8-17)23(31)24-22(27)18(12-26)25(34-24)28-13-16-9-10-20(32-2)21(11-16)33-3/h4-11,14,28H,13,27H2,1-3H3. The average molecular weight is 474 g/mol. The number of ether oxygens (including phenoxy) is 2. The summed E-state index contributed by atoms with van der Waals surface area (Å²) in [5.74, 6) is 0.969. The lowest BCUT2D eigenvalue weighted by molar-refractivity contribution is 0.104. The van der Waals surface area contributed by atoms with E-state index >= 15 is 0 Å². The van der Waals surface area contributed by atoms with E-state index in [4.69, 9.17) is 15.2 Å². The van der Waals surface area contributed by atoms with Crippen LogP contribution in [0.25, 0.3) is 5.69 Å². The molecule has 2 aromatic carbocycles. The van der Waals surface area contributed by atoms with Crippen molar-refractivity contribution in [1.29, 1.82) is 5.26 Å². The highest BCUT2D eigenvalue weighted by Crippen LogP contribution is 2.37. The molecule has 0 bridgehead atoms. The summed E-state index contributed by atoms with van der Waals surface area (Å²) in [6.45, 7) is 2.24. The van der Waals surface area contributed by atoms with Gasteiger partial charge in [0.15, 0.2) is 11.5 Å². The number of para-hydroxylation sites is 1. The topological polar surface area (TPSA) is 115 Å². The van der Waals surface area contributed by atoms with Crippen molar-refractivity contribution in [3.63, 3.8) is 0 Å². The third-order valence-corrected chi connectivity index (χ3v) is 6.58. The molecule has 0 aliphatic heterocycles. The smallest absolute Gasteiger partial charge is 0.208 e. The van der Waals surface area contributed by atoms with E-state index in [0.717, 1.165) is 22.6 Å². The van der Waals surface area contributed by atoms with Gasteiger partial charge in [0, 0.05) is 6.54 Å². The zero-order valence-electron chi connectivity index (χ0n) is 19.0. The molecule has 172 valence electrons. The Morgan fingerprint density at radius 2 is 1.91 bits per heavy atom. The third kappa shape index (κ3) is 4.19. The van der Waals surface area contributed by atoms with Gasteiger partial charge < -0.3 is 20.5 Å². The van der Waals surface area contributed by atoms with Crippen LogP contribution in [0.3, 0.4) is 0 Å². The van der Waals surface area contributed by atoms with Crippen LogP contribution in [-0.2, 0) is 6.54 Å². The van der Waals surface area contributed by atoms with E-state index in [1.807, 2.05) is 55.5 Å². The van der Waals surface area contributed by atoms with Crippen LogP contribution in [-0.4, -0.2) is 29.8 Å². The first-order valence-electron chi connectivity index (χ1n) is 10.4. The van der Waals surface area contributed by atoms with Gasteiger partial charge in [-0.25, -0.2) is 4.68 Å². The van der Waals surface area contributed by atoms with Crippen molar-refractivity contribution in [2.45, 2.75) is 13.5 Å². The predicted octanol–water partition coefficient (Wildman–Crippen LogP) is 4.56. The molecule has 3 N–H and O–H groups in total. The lowest BCUT2D eigenvalue weighted by Crippen LogP contribution is -2.05. The summed E-state index contributed by atoms with van der Waals surface area (Å²) < 4.78 is 12.3. The number of aromatic nitrogens is 2. The molecule has 0 saturated heterocycles. The second kappa shape index (κ2) is 9.68. The number of nitrogens with zero attached hydrogens (tertiary/aromatic N) is 3. The predicted molar refractivity (Wildman–Crippen MR) is 132 cm³/mol. The molecule has 4 aromatic rings. The van der Waals surface area contributed by atoms with Gasteiger partial charge in [0.2, 0.25) is 5.78 Å². The van der Waals surface area contributed by atoms with E-state index in [2.05, 4.69) is 16.5 Å². The largest absolute Gasteiger partial charge is 0.493 e. The van der Waals surface area contributed by atoms with Crippen molar-refractivity contribution < 1.29 is 14.3 Å². The molecule has 0 unspecified atom stereocenters. The number of benzene rings is 2. The van der Waals surface area contributed by atoms with E-state index in [1.165, 1.54) is 6.20 Å². The van der Waals surface area contributed by atoms with Gasteiger partial charge in [-0.05, 0) is 36.8 Å². The van der Waals surface area contributed by atoms with Gasteiger partial charge in [-0.1, -0.05) is 24.3 Å². The number of nitrogens with two attached hydrogens (primary N) is 1. The van der Waals surface area contributed by atoms with Crippen LogP contribution < -0.4 is 20.5 Å². The first-order valence-corrected chi connectivity index (χ1v) is 11.2. The number of ketones is 1. The Balaban J connectivity index is 1.61. The monoisotopic (exact) mass is 473 g/mol. The highest BCUT2D eigenvalue weighted by atomic mass is 32.1. The maximum Gasteiger partial charge on any atom is 0.208 e. The molecule has 2 heterocycles. The molecular weight excluding hydrogens is 450 g/mol. The van der Waals surface area contributed by atoms with E-state index in [-0.39, 0.29) is 17.0 Å². The van der Waals surface area contributed by atoms with Gasteiger partial charge >= 0.3 is 0 Å². The normalized spacial score (nSPS) is 10.5. The highest BCUT2D eigenvalue weighted by molar-refractivity contribution is 7.19. The van der Waals surface area contributed by atoms with Crippen molar-refractivity contribution in [3.8, 4) is 23.3 Å². The number of nitrogens with one attached hydrogen (secondary N) is 1. The minimum absolute atomic E-state index is 0.166. The second-order valence-electron chi connectivity index (χ2n) is 7.42. The molecular formula is C25H23N5O3S. The number of hydrogen-bond donors (Lipinski definition) is 2. The Kier molecular flexibility index (Phi) is 6.52. The highest BCUT2D eigenvalue weighted by Gasteiger charge is 2.25. The molecule has 0 atom stereocenters. The number of anilines is 2. The number of thiophene rings is 1. The number of methoxy groups -OCH3 is 2. The first kappa shape index (κ1) is 22.9. The molecule has 0 radical (unpaired) electrons. The number of carbonyl (C=O) groups excluding carboxylic acids is 1. The number of nitriles is 1. The molecule has 8 nitrogen and oxygen atoms in total. The number of rotatable bonds is 8. The molecule has 9 heteroatoms. The van der Waals surface area contributed by atoms with E-state index < -0.39 is 0 Å². The zero-order valence-corrected chi connectivity index (χ0v) is 19.8. The minimum atomic E-state index is -0.266. The van der Waals surface area contributed by atoms with Crippen LogP contribution in [0.5, 0.6) is 11.5 Å². The molecule has 0 amide bonds. The van der Waals surface area contributed by atoms with E-state index in [9.17, 15) is 10.1 Å². The second-order valence-corrected chi connectivity index (χ2v) is 8.44. The van der Waals surface area contributed by atoms with Crippen molar-refractivity contribution in [2.75, 3.05) is 25.3 Å². The van der Waals surface area contributed by atoms with Crippen LogP contribution in [0.4, 0.5) is 10.7 Å². The summed E-state index contributed by atoms with van der Waals surface area (Å²) in [6, 6.07) is 17.2. The van der Waals surface area contributed by atoms with Crippen molar-refractivity contribution >= 4 is 27.8 Å². The molecule has 0 aliphatic carbocycles. The lowest BCUT2D eigenvalue weighted by atomic mass is 10.1. The fraction of sp³-hybridized carbons (Fsp3) is 0.160. The maximum atomic E-state index is 13.4. The van der Waals surface area contributed by atoms with Crippen molar-refractivity contribution in [2.24, 2.45) is 0 Å². The summed E-state index contributed by atoms with van der Waals surface area (Å²) in [5.41, 5.74) is 9.56. The number of hydrogen-bond acceptors (Lipinski definition) is 8. The van der Waals surface area contributed by atoms with Crippen LogP contribution >= 0.6 is 11.3 Å². The average Bonchev–Trinajstić information content (AvgIpc) is 3.41. The molecule has 34 heavy (non-hydrogen) atoms. The van der Waals surface area contributed by atoms with Gasteiger partial charge in [0.1, 0.15) is 21.5 Å². The summed E-state index contributed by atoms with van der Waals surface area (Å²) >= 11 is 1.16. The van der Waals surface area contributed by atoms with Gasteiger partial charge in [0.05, 0.1) is 43.0 Å². The Bertz CT molecular complexity index is 1390. The van der Waals surface area contributed by atoms with Crippen molar-refractivity contribution in [1.82, 2.24) is 9.78 Å². The maximum absolute atomic E-state index is 13.4. The van der Waals surface area contributed by atoms with Crippen LogP contribution in [0, 0.1) is 18.3 Å². The lowest BCUT2D eigenvalue weighted by Gasteiger charge is -2.10. The summed E-state index contributed by atoms with van der Waals surface area (Å²) in [5, 5.41) is 17.8. The van der Waals surface area contributed by atoms with Crippen LogP contribution in [0.15, 0.2) is 54.7 Å². The van der Waals surface area contributed by atoms with E-state index in [0.29, 0.717) is 39.2 Å². The van der Waals surface area contributed by atoms with E-state index in [1.54, 1.807) is 18.9 Å². The van der Waals surface area contributed by atoms with Gasteiger partial charge in [-0.3, -0.25) is 4.79 Å². The fourth-order valence-electron chi connectivity index (χ4n) is 3.61. The molecule has 0 fully saturated rings. The quantitative estimate of drug-likeness (QED) is 0.361. The molecule has 4 rings (SSSR count). The Morgan fingerprint density at radius 3 is 2.59 bits per heavy atom. The number of nitrogen functional groups attached to an aromatic ring is 1. The number of carbonyl (C=O) groups is 1. The van der Waals surface area contributed by atoms with Crippen LogP contribution in [0.1, 0.15) is 32.1 Å². The SMILES string of the molecule is COc1ccc(CNc2sc(C(=O)c3cnn(-c4ccccc4)c3C)c(N)c2C#N)cc1OC.